The van der Waals surface area contributed by atoms with E-state index in [1.54, 1.807) is 16.7 Å². The molecule has 0 bridgehead atoms. The van der Waals surface area contributed by atoms with Crippen molar-refractivity contribution in [2.45, 2.75) is 83.5 Å². The molecular weight excluding hydrogens is 476 g/mol. The number of amides is 2. The van der Waals surface area contributed by atoms with Crippen LogP contribution in [0.2, 0.25) is 0 Å². The highest BCUT2D eigenvalue weighted by Gasteiger charge is 2.48. The molecule has 0 saturated heterocycles. The SMILES string of the molecule is CCc1ccc(-c2cc3n(n2)C[C@@](C)(C(=O)NC2CCCCCC2)N(Cc2cccc(OC)c2)C3=O)cc1. The number of nitrogens with zero attached hydrogens (tertiary/aromatic N) is 3. The Morgan fingerprint density at radius 3 is 2.47 bits per heavy atom. The molecule has 1 aliphatic heterocycles. The van der Waals surface area contributed by atoms with Gasteiger partial charge >= 0.3 is 0 Å². The van der Waals surface area contributed by atoms with E-state index in [-0.39, 0.29) is 17.9 Å². The number of carbonyl (C=O) groups excluding carboxylic acids is 2. The van der Waals surface area contributed by atoms with Crippen LogP contribution in [0.15, 0.2) is 54.6 Å². The number of methoxy groups -OCH3 is 1. The lowest BCUT2D eigenvalue weighted by atomic mass is 9.93. The number of aromatic nitrogens is 2. The van der Waals surface area contributed by atoms with Crippen LogP contribution in [-0.2, 0) is 24.3 Å². The van der Waals surface area contributed by atoms with E-state index in [1.165, 1.54) is 18.4 Å². The van der Waals surface area contributed by atoms with Gasteiger partial charge in [0, 0.05) is 18.2 Å². The van der Waals surface area contributed by atoms with Crippen molar-refractivity contribution in [1.82, 2.24) is 20.0 Å². The third-order valence-electron chi connectivity index (χ3n) is 8.11. The lowest BCUT2D eigenvalue weighted by Crippen LogP contribution is -2.64. The molecule has 1 aromatic heterocycles. The molecular formula is C31H38N4O3. The Hall–Kier alpha value is -3.61. The number of rotatable bonds is 7. The van der Waals surface area contributed by atoms with Gasteiger partial charge in [-0.25, -0.2) is 0 Å². The van der Waals surface area contributed by atoms with Crippen molar-refractivity contribution in [3.05, 3.63) is 71.4 Å². The highest BCUT2D eigenvalue weighted by Crippen LogP contribution is 2.32. The maximum Gasteiger partial charge on any atom is 0.273 e. The van der Waals surface area contributed by atoms with Gasteiger partial charge in [0.25, 0.3) is 5.91 Å². The Balaban J connectivity index is 1.49. The van der Waals surface area contributed by atoms with E-state index >= 15 is 0 Å². The van der Waals surface area contributed by atoms with E-state index in [0.29, 0.717) is 18.8 Å². The van der Waals surface area contributed by atoms with Crippen LogP contribution in [0.4, 0.5) is 0 Å². The molecule has 7 nitrogen and oxygen atoms in total. The molecule has 1 fully saturated rings. The number of ether oxygens (including phenoxy) is 1. The van der Waals surface area contributed by atoms with Crippen LogP contribution in [0.1, 0.15) is 74.0 Å². The molecule has 3 aromatic rings. The zero-order chi connectivity index (χ0) is 26.7. The molecule has 1 saturated carbocycles. The average Bonchev–Trinajstić information content (AvgIpc) is 3.19. The molecule has 2 amide bonds. The van der Waals surface area contributed by atoms with Gasteiger partial charge in [0.15, 0.2) is 0 Å². The van der Waals surface area contributed by atoms with E-state index in [1.807, 2.05) is 49.4 Å². The molecule has 1 N–H and O–H groups in total. The highest BCUT2D eigenvalue weighted by atomic mass is 16.5. The first-order valence-corrected chi connectivity index (χ1v) is 13.8. The second-order valence-electron chi connectivity index (χ2n) is 10.8. The van der Waals surface area contributed by atoms with Crippen molar-refractivity contribution >= 4 is 11.8 Å². The van der Waals surface area contributed by atoms with Crippen molar-refractivity contribution in [1.29, 1.82) is 0 Å². The van der Waals surface area contributed by atoms with E-state index in [4.69, 9.17) is 9.84 Å². The summed E-state index contributed by atoms with van der Waals surface area (Å²) in [5.74, 6) is 0.414. The number of fused-ring (bicyclic) bond motifs is 1. The molecule has 1 atom stereocenters. The molecule has 5 rings (SSSR count). The van der Waals surface area contributed by atoms with Gasteiger partial charge < -0.3 is 15.0 Å². The molecule has 0 radical (unpaired) electrons. The molecule has 7 heteroatoms. The number of hydrogen-bond acceptors (Lipinski definition) is 4. The highest BCUT2D eigenvalue weighted by molar-refractivity contribution is 6.00. The third kappa shape index (κ3) is 5.19. The Morgan fingerprint density at radius 2 is 1.79 bits per heavy atom. The van der Waals surface area contributed by atoms with Crippen molar-refractivity contribution in [2.24, 2.45) is 0 Å². The van der Waals surface area contributed by atoms with Gasteiger partial charge in [-0.15, -0.1) is 0 Å². The molecule has 0 unspecified atom stereocenters. The molecule has 0 spiro atoms. The van der Waals surface area contributed by atoms with Crippen LogP contribution in [0, 0.1) is 0 Å². The van der Waals surface area contributed by atoms with Crippen LogP contribution in [0.3, 0.4) is 0 Å². The summed E-state index contributed by atoms with van der Waals surface area (Å²) in [6, 6.07) is 17.9. The summed E-state index contributed by atoms with van der Waals surface area (Å²) in [6.07, 6.45) is 7.60. The molecule has 2 aliphatic rings. The minimum atomic E-state index is -1.09. The molecule has 38 heavy (non-hydrogen) atoms. The normalized spacial score (nSPS) is 20.1. The summed E-state index contributed by atoms with van der Waals surface area (Å²) >= 11 is 0. The van der Waals surface area contributed by atoms with Crippen molar-refractivity contribution in [3.63, 3.8) is 0 Å². The summed E-state index contributed by atoms with van der Waals surface area (Å²) in [7, 11) is 1.63. The van der Waals surface area contributed by atoms with Gasteiger partial charge in [-0.1, -0.05) is 69.0 Å². The number of nitrogens with one attached hydrogen (secondary N) is 1. The topological polar surface area (TPSA) is 76.5 Å². The van der Waals surface area contributed by atoms with Crippen LogP contribution in [0.25, 0.3) is 11.3 Å². The first-order chi connectivity index (χ1) is 18.4. The van der Waals surface area contributed by atoms with Crippen molar-refractivity contribution < 1.29 is 14.3 Å². The Bertz CT molecular complexity index is 1290. The third-order valence-corrected chi connectivity index (χ3v) is 8.11. The zero-order valence-corrected chi connectivity index (χ0v) is 22.7. The van der Waals surface area contributed by atoms with Gasteiger partial charge in [0.1, 0.15) is 17.0 Å². The molecule has 200 valence electrons. The Morgan fingerprint density at radius 1 is 1.05 bits per heavy atom. The summed E-state index contributed by atoms with van der Waals surface area (Å²) in [5, 5.41) is 8.12. The van der Waals surface area contributed by atoms with Gasteiger partial charge in [0.05, 0.1) is 19.3 Å². The van der Waals surface area contributed by atoms with Gasteiger partial charge in [0.2, 0.25) is 5.91 Å². The van der Waals surface area contributed by atoms with Crippen LogP contribution < -0.4 is 10.1 Å². The fourth-order valence-corrected chi connectivity index (χ4v) is 5.66. The molecule has 2 heterocycles. The maximum atomic E-state index is 14.0. The van der Waals surface area contributed by atoms with E-state index in [2.05, 4.69) is 24.4 Å². The summed E-state index contributed by atoms with van der Waals surface area (Å²) in [6.45, 7) is 4.60. The maximum absolute atomic E-state index is 14.0. The predicted octanol–water partition coefficient (Wildman–Crippen LogP) is 5.37. The standard InChI is InChI=1S/C31H38N4O3/c1-4-22-14-16-24(17-15-22)27-19-28-29(36)34(20-23-10-9-13-26(18-23)38-3)31(2,21-35(28)33-27)30(37)32-25-11-7-5-6-8-12-25/h9-10,13-19,25H,4-8,11-12,20-21H2,1-3H3,(H,32,37)/t31-/m0/s1. The van der Waals surface area contributed by atoms with E-state index in [0.717, 1.165) is 54.7 Å². The summed E-state index contributed by atoms with van der Waals surface area (Å²) in [5.41, 5.74) is 3.28. The largest absolute Gasteiger partial charge is 0.497 e. The number of benzene rings is 2. The van der Waals surface area contributed by atoms with E-state index < -0.39 is 5.54 Å². The average molecular weight is 515 g/mol. The zero-order valence-electron chi connectivity index (χ0n) is 22.7. The second kappa shape index (κ2) is 11.0. The number of hydrogen-bond donors (Lipinski definition) is 1. The lowest BCUT2D eigenvalue weighted by molar-refractivity contribution is -0.134. The quantitative estimate of drug-likeness (QED) is 0.430. The molecule has 1 aliphatic carbocycles. The second-order valence-corrected chi connectivity index (χ2v) is 10.8. The first kappa shape index (κ1) is 26.0. The minimum absolute atomic E-state index is 0.115. The van der Waals surface area contributed by atoms with Gasteiger partial charge in [-0.05, 0) is 55.5 Å². The number of aryl methyl sites for hydroxylation is 1. The minimum Gasteiger partial charge on any atom is -0.497 e. The Kier molecular flexibility index (Phi) is 7.54. The van der Waals surface area contributed by atoms with Gasteiger partial charge in [-0.3, -0.25) is 14.3 Å². The molecule has 2 aromatic carbocycles. The van der Waals surface area contributed by atoms with Crippen molar-refractivity contribution in [3.8, 4) is 17.0 Å². The predicted molar refractivity (Wildman–Crippen MR) is 148 cm³/mol. The van der Waals surface area contributed by atoms with Crippen LogP contribution in [-0.4, -0.2) is 45.2 Å². The number of carbonyl (C=O) groups is 2. The smallest absolute Gasteiger partial charge is 0.273 e. The van der Waals surface area contributed by atoms with Gasteiger partial charge in [-0.2, -0.15) is 5.10 Å². The fourth-order valence-electron chi connectivity index (χ4n) is 5.66. The summed E-state index contributed by atoms with van der Waals surface area (Å²) < 4.78 is 7.13. The van der Waals surface area contributed by atoms with Crippen LogP contribution >= 0.6 is 0 Å². The summed E-state index contributed by atoms with van der Waals surface area (Å²) in [4.78, 5) is 29.7. The van der Waals surface area contributed by atoms with Crippen molar-refractivity contribution in [2.75, 3.05) is 7.11 Å². The Labute approximate surface area is 225 Å². The van der Waals surface area contributed by atoms with Crippen LogP contribution in [0.5, 0.6) is 5.75 Å². The monoisotopic (exact) mass is 514 g/mol. The van der Waals surface area contributed by atoms with E-state index in [9.17, 15) is 9.59 Å². The first-order valence-electron chi connectivity index (χ1n) is 13.8. The lowest BCUT2D eigenvalue weighted by Gasteiger charge is -2.44. The fraction of sp³-hybridized carbons (Fsp3) is 0.452.